The first-order valence-corrected chi connectivity index (χ1v) is 5.51. The lowest BCUT2D eigenvalue weighted by Crippen LogP contribution is -2.39. The Bertz CT molecular complexity index is 437. The summed E-state index contributed by atoms with van der Waals surface area (Å²) in [4.78, 5) is 22.2. The van der Waals surface area contributed by atoms with Crippen LogP contribution in [0.2, 0.25) is 0 Å². The Labute approximate surface area is 98.3 Å². The first kappa shape index (κ1) is 11.8. The molecule has 2 unspecified atom stereocenters. The third-order valence-corrected chi connectivity index (χ3v) is 2.82. The SMILES string of the molecule is NNC(=O)C1CCC(Cn2ccc(=O)cc2)O1. The normalized spacial score (nSPS) is 23.6. The van der Waals surface area contributed by atoms with Crippen molar-refractivity contribution in [1.82, 2.24) is 9.99 Å². The van der Waals surface area contributed by atoms with Gasteiger partial charge in [0.15, 0.2) is 5.43 Å². The van der Waals surface area contributed by atoms with Gasteiger partial charge in [-0.05, 0) is 12.8 Å². The van der Waals surface area contributed by atoms with E-state index in [4.69, 9.17) is 10.6 Å². The molecule has 1 amide bonds. The Hall–Kier alpha value is -1.66. The summed E-state index contributed by atoms with van der Waals surface area (Å²) in [6, 6.07) is 3.00. The van der Waals surface area contributed by atoms with Gasteiger partial charge in [0.1, 0.15) is 6.10 Å². The van der Waals surface area contributed by atoms with Gasteiger partial charge in [0.05, 0.1) is 6.10 Å². The van der Waals surface area contributed by atoms with Crippen LogP contribution in [-0.2, 0) is 16.1 Å². The topological polar surface area (TPSA) is 86.4 Å². The van der Waals surface area contributed by atoms with Crippen molar-refractivity contribution in [1.29, 1.82) is 0 Å². The van der Waals surface area contributed by atoms with Crippen LogP contribution in [0.4, 0.5) is 0 Å². The van der Waals surface area contributed by atoms with E-state index in [2.05, 4.69) is 5.43 Å². The number of amides is 1. The molecule has 0 aromatic carbocycles. The summed E-state index contributed by atoms with van der Waals surface area (Å²) in [7, 11) is 0. The van der Waals surface area contributed by atoms with E-state index in [1.165, 1.54) is 12.1 Å². The number of carbonyl (C=O) groups is 1. The van der Waals surface area contributed by atoms with Crippen LogP contribution in [0.1, 0.15) is 12.8 Å². The number of ether oxygens (including phenoxy) is 1. The summed E-state index contributed by atoms with van der Waals surface area (Å²) in [5.74, 6) is 4.76. The Balaban J connectivity index is 1.91. The summed E-state index contributed by atoms with van der Waals surface area (Å²) < 4.78 is 7.43. The number of carbonyl (C=O) groups excluding carboxylic acids is 1. The molecule has 92 valence electrons. The summed E-state index contributed by atoms with van der Waals surface area (Å²) >= 11 is 0. The largest absolute Gasteiger partial charge is 0.363 e. The Morgan fingerprint density at radius 1 is 1.47 bits per heavy atom. The molecule has 0 spiro atoms. The van der Waals surface area contributed by atoms with E-state index in [0.29, 0.717) is 13.0 Å². The molecule has 2 rings (SSSR count). The summed E-state index contributed by atoms with van der Waals surface area (Å²) in [5, 5.41) is 0. The van der Waals surface area contributed by atoms with E-state index >= 15 is 0 Å². The molecule has 2 atom stereocenters. The monoisotopic (exact) mass is 237 g/mol. The van der Waals surface area contributed by atoms with Crippen molar-refractivity contribution in [2.45, 2.75) is 31.6 Å². The van der Waals surface area contributed by atoms with Gasteiger partial charge in [-0.3, -0.25) is 15.0 Å². The molecule has 6 nitrogen and oxygen atoms in total. The molecule has 1 aliphatic rings. The number of nitrogens with zero attached hydrogens (tertiary/aromatic N) is 1. The molecule has 0 radical (unpaired) electrons. The number of nitrogens with two attached hydrogens (primary N) is 1. The minimum absolute atomic E-state index is 0.0141. The number of nitrogens with one attached hydrogen (secondary N) is 1. The van der Waals surface area contributed by atoms with Gasteiger partial charge in [-0.25, -0.2) is 5.84 Å². The minimum Gasteiger partial charge on any atom is -0.363 e. The van der Waals surface area contributed by atoms with Crippen LogP contribution in [0.3, 0.4) is 0 Å². The maximum atomic E-state index is 11.2. The molecule has 1 aromatic rings. The van der Waals surface area contributed by atoms with E-state index in [0.717, 1.165) is 6.42 Å². The van der Waals surface area contributed by atoms with Crippen LogP contribution < -0.4 is 16.7 Å². The number of aromatic nitrogens is 1. The maximum absolute atomic E-state index is 11.2. The fourth-order valence-electron chi connectivity index (χ4n) is 1.93. The number of hydrogen-bond acceptors (Lipinski definition) is 4. The third-order valence-electron chi connectivity index (χ3n) is 2.82. The number of hydrazine groups is 1. The van der Waals surface area contributed by atoms with Crippen LogP contribution in [0.25, 0.3) is 0 Å². The zero-order chi connectivity index (χ0) is 12.3. The second-order valence-corrected chi connectivity index (χ2v) is 4.06. The van der Waals surface area contributed by atoms with Gasteiger partial charge in [0, 0.05) is 31.1 Å². The molecule has 0 bridgehead atoms. The number of rotatable bonds is 3. The second kappa shape index (κ2) is 5.11. The fraction of sp³-hybridized carbons (Fsp3) is 0.455. The lowest BCUT2D eigenvalue weighted by atomic mass is 10.2. The van der Waals surface area contributed by atoms with Crippen molar-refractivity contribution in [3.8, 4) is 0 Å². The first-order valence-electron chi connectivity index (χ1n) is 5.51. The van der Waals surface area contributed by atoms with Crippen molar-refractivity contribution in [3.05, 3.63) is 34.7 Å². The van der Waals surface area contributed by atoms with Crippen molar-refractivity contribution < 1.29 is 9.53 Å². The van der Waals surface area contributed by atoms with Gasteiger partial charge in [-0.15, -0.1) is 0 Å². The van der Waals surface area contributed by atoms with Gasteiger partial charge < -0.3 is 9.30 Å². The lowest BCUT2D eigenvalue weighted by Gasteiger charge is -2.14. The van der Waals surface area contributed by atoms with Crippen LogP contribution >= 0.6 is 0 Å². The van der Waals surface area contributed by atoms with Crippen LogP contribution in [0.5, 0.6) is 0 Å². The standard InChI is InChI=1S/C11H15N3O3/c12-13-11(16)10-2-1-9(17-10)7-14-5-3-8(15)4-6-14/h3-6,9-10H,1-2,7,12H2,(H,13,16). The predicted octanol–water partition coefficient (Wildman–Crippen LogP) is -0.614. The summed E-state index contributed by atoms with van der Waals surface area (Å²) in [6.07, 6.45) is 4.44. The Kier molecular flexibility index (Phi) is 3.55. The van der Waals surface area contributed by atoms with E-state index in [1.54, 1.807) is 12.4 Å². The van der Waals surface area contributed by atoms with E-state index in [1.807, 2.05) is 4.57 Å². The quantitative estimate of drug-likeness (QED) is 0.417. The number of hydrogen-bond donors (Lipinski definition) is 2. The highest BCUT2D eigenvalue weighted by atomic mass is 16.5. The molecule has 0 aliphatic carbocycles. The Morgan fingerprint density at radius 3 is 2.82 bits per heavy atom. The van der Waals surface area contributed by atoms with Gasteiger partial charge in [0.25, 0.3) is 5.91 Å². The summed E-state index contributed by atoms with van der Waals surface area (Å²) in [6.45, 7) is 0.634. The number of pyridine rings is 1. The van der Waals surface area contributed by atoms with E-state index in [9.17, 15) is 9.59 Å². The average molecular weight is 237 g/mol. The molecule has 1 fully saturated rings. The molecular weight excluding hydrogens is 222 g/mol. The zero-order valence-corrected chi connectivity index (χ0v) is 9.33. The van der Waals surface area contributed by atoms with Gasteiger partial charge in [0.2, 0.25) is 0 Å². The molecule has 1 saturated heterocycles. The lowest BCUT2D eigenvalue weighted by molar-refractivity contribution is -0.132. The molecule has 2 heterocycles. The van der Waals surface area contributed by atoms with Crippen molar-refractivity contribution >= 4 is 5.91 Å². The Morgan fingerprint density at radius 2 is 2.18 bits per heavy atom. The third kappa shape index (κ3) is 2.92. The summed E-state index contributed by atoms with van der Waals surface area (Å²) in [5.41, 5.74) is 2.07. The highest BCUT2D eigenvalue weighted by Crippen LogP contribution is 2.20. The highest BCUT2D eigenvalue weighted by Gasteiger charge is 2.30. The van der Waals surface area contributed by atoms with Crippen LogP contribution in [0, 0.1) is 0 Å². The molecule has 3 N–H and O–H groups in total. The van der Waals surface area contributed by atoms with E-state index in [-0.39, 0.29) is 17.4 Å². The van der Waals surface area contributed by atoms with Crippen molar-refractivity contribution in [2.75, 3.05) is 0 Å². The van der Waals surface area contributed by atoms with Gasteiger partial charge in [-0.1, -0.05) is 0 Å². The van der Waals surface area contributed by atoms with Gasteiger partial charge >= 0.3 is 0 Å². The zero-order valence-electron chi connectivity index (χ0n) is 9.33. The second-order valence-electron chi connectivity index (χ2n) is 4.06. The minimum atomic E-state index is -0.454. The average Bonchev–Trinajstić information content (AvgIpc) is 2.80. The van der Waals surface area contributed by atoms with E-state index < -0.39 is 6.10 Å². The predicted molar refractivity (Wildman–Crippen MR) is 60.9 cm³/mol. The first-order chi connectivity index (χ1) is 8.19. The molecule has 17 heavy (non-hydrogen) atoms. The fourth-order valence-corrected chi connectivity index (χ4v) is 1.93. The molecule has 6 heteroatoms. The molecular formula is C11H15N3O3. The van der Waals surface area contributed by atoms with Crippen LogP contribution in [-0.4, -0.2) is 22.7 Å². The maximum Gasteiger partial charge on any atom is 0.263 e. The smallest absolute Gasteiger partial charge is 0.263 e. The van der Waals surface area contributed by atoms with Crippen LogP contribution in [0.15, 0.2) is 29.3 Å². The molecule has 1 aromatic heterocycles. The van der Waals surface area contributed by atoms with Crippen molar-refractivity contribution in [2.24, 2.45) is 5.84 Å². The van der Waals surface area contributed by atoms with Gasteiger partial charge in [-0.2, -0.15) is 0 Å². The molecule has 0 saturated carbocycles. The van der Waals surface area contributed by atoms with Crippen molar-refractivity contribution in [3.63, 3.8) is 0 Å². The highest BCUT2D eigenvalue weighted by molar-refractivity contribution is 5.80. The molecule has 1 aliphatic heterocycles.